The van der Waals surface area contributed by atoms with E-state index in [0.717, 1.165) is 40.7 Å². The molecular weight excluding hydrogens is 400 g/mol. The lowest BCUT2D eigenvalue weighted by molar-refractivity contribution is 0.0710. The smallest absolute Gasteiger partial charge is 0.289 e. The Kier molecular flexibility index (Phi) is 6.00. The van der Waals surface area contributed by atoms with E-state index < -0.39 is 0 Å². The summed E-state index contributed by atoms with van der Waals surface area (Å²) >= 11 is 5.97. The normalized spacial score (nSPS) is 14.1. The maximum Gasteiger partial charge on any atom is 0.289 e. The van der Waals surface area contributed by atoms with Crippen molar-refractivity contribution in [2.24, 2.45) is 0 Å². The van der Waals surface area contributed by atoms with Crippen LogP contribution < -0.4 is 9.64 Å². The first-order valence-corrected chi connectivity index (χ1v) is 10.5. The molecule has 4 rings (SSSR count). The average molecular weight is 425 g/mol. The van der Waals surface area contributed by atoms with Gasteiger partial charge >= 0.3 is 0 Å². The van der Waals surface area contributed by atoms with E-state index in [4.69, 9.17) is 20.8 Å². The van der Waals surface area contributed by atoms with Gasteiger partial charge in [0, 0.05) is 36.9 Å². The number of hydrogen-bond donors (Lipinski definition) is 0. The summed E-state index contributed by atoms with van der Waals surface area (Å²) in [5.74, 6) is 1.75. The lowest BCUT2D eigenvalue weighted by Gasteiger charge is -2.35. The molecule has 3 aromatic rings. The van der Waals surface area contributed by atoms with Crippen molar-refractivity contribution in [3.05, 3.63) is 82.3 Å². The Balaban J connectivity index is 1.33. The van der Waals surface area contributed by atoms with Crippen LogP contribution in [0.5, 0.6) is 5.75 Å². The molecule has 0 N–H and O–H groups in total. The minimum absolute atomic E-state index is 0.0799. The molecule has 1 fully saturated rings. The van der Waals surface area contributed by atoms with Crippen molar-refractivity contribution < 1.29 is 13.9 Å². The van der Waals surface area contributed by atoms with Gasteiger partial charge in [-0.15, -0.1) is 0 Å². The number of hydrogen-bond acceptors (Lipinski definition) is 4. The van der Waals surface area contributed by atoms with Gasteiger partial charge in [0.25, 0.3) is 5.91 Å². The molecule has 0 bridgehead atoms. The number of piperazine rings is 1. The number of carbonyl (C=O) groups is 1. The quantitative estimate of drug-likeness (QED) is 0.572. The van der Waals surface area contributed by atoms with Crippen molar-refractivity contribution in [1.29, 1.82) is 0 Å². The number of furan rings is 1. The zero-order valence-corrected chi connectivity index (χ0v) is 18.0. The zero-order chi connectivity index (χ0) is 21.1. The van der Waals surface area contributed by atoms with Crippen molar-refractivity contribution in [1.82, 2.24) is 4.90 Å². The molecule has 0 aliphatic carbocycles. The van der Waals surface area contributed by atoms with Gasteiger partial charge in [-0.3, -0.25) is 4.79 Å². The molecule has 1 aliphatic rings. The lowest BCUT2D eigenvalue weighted by atomic mass is 10.1. The molecule has 2 aromatic carbocycles. The summed E-state index contributed by atoms with van der Waals surface area (Å²) in [4.78, 5) is 16.9. The fourth-order valence-corrected chi connectivity index (χ4v) is 3.68. The zero-order valence-electron chi connectivity index (χ0n) is 17.2. The van der Waals surface area contributed by atoms with E-state index in [9.17, 15) is 4.79 Å². The molecular formula is C24H25ClN2O3. The maximum absolute atomic E-state index is 12.8. The van der Waals surface area contributed by atoms with Crippen LogP contribution in [0.3, 0.4) is 0 Å². The predicted octanol–water partition coefficient (Wildman–Crippen LogP) is 5.09. The summed E-state index contributed by atoms with van der Waals surface area (Å²) in [5.41, 5.74) is 3.33. The third-order valence-corrected chi connectivity index (χ3v) is 5.60. The molecule has 156 valence electrons. The molecule has 1 saturated heterocycles. The van der Waals surface area contributed by atoms with E-state index in [1.54, 1.807) is 6.07 Å². The Hall–Kier alpha value is -2.92. The number of rotatable bonds is 5. The van der Waals surface area contributed by atoms with Crippen LogP contribution in [0.25, 0.3) is 0 Å². The second-order valence-corrected chi connectivity index (χ2v) is 8.02. The van der Waals surface area contributed by atoms with Crippen molar-refractivity contribution in [3.8, 4) is 5.75 Å². The number of amides is 1. The first kappa shape index (κ1) is 20.4. The minimum Gasteiger partial charge on any atom is -0.485 e. The SMILES string of the molecule is Cc1ccc(C)c(OCc2ccc(C(=O)N3CCN(c4ccc(Cl)cc4)CC3)o2)c1. The van der Waals surface area contributed by atoms with Crippen LogP contribution in [-0.4, -0.2) is 37.0 Å². The van der Waals surface area contributed by atoms with E-state index in [1.165, 1.54) is 0 Å². The highest BCUT2D eigenvalue weighted by Crippen LogP contribution is 2.22. The summed E-state index contributed by atoms with van der Waals surface area (Å²) in [7, 11) is 0. The van der Waals surface area contributed by atoms with Crippen molar-refractivity contribution in [2.75, 3.05) is 31.1 Å². The number of nitrogens with zero attached hydrogens (tertiary/aromatic N) is 2. The van der Waals surface area contributed by atoms with Crippen molar-refractivity contribution in [2.45, 2.75) is 20.5 Å². The molecule has 0 saturated carbocycles. The number of ether oxygens (including phenoxy) is 1. The molecule has 0 radical (unpaired) electrons. The highest BCUT2D eigenvalue weighted by atomic mass is 35.5. The summed E-state index contributed by atoms with van der Waals surface area (Å²) in [5, 5.41) is 0.725. The number of carbonyl (C=O) groups excluding carboxylic acids is 1. The van der Waals surface area contributed by atoms with Gasteiger partial charge in [0.2, 0.25) is 0 Å². The van der Waals surface area contributed by atoms with Gasteiger partial charge in [0.1, 0.15) is 18.1 Å². The fraction of sp³-hybridized carbons (Fsp3) is 0.292. The Morgan fingerprint density at radius 1 is 1.00 bits per heavy atom. The summed E-state index contributed by atoms with van der Waals surface area (Å²) in [6.45, 7) is 7.18. The third-order valence-electron chi connectivity index (χ3n) is 5.34. The number of halogens is 1. The highest BCUT2D eigenvalue weighted by molar-refractivity contribution is 6.30. The van der Waals surface area contributed by atoms with Crippen LogP contribution in [0.1, 0.15) is 27.4 Å². The lowest BCUT2D eigenvalue weighted by Crippen LogP contribution is -2.48. The first-order valence-electron chi connectivity index (χ1n) is 10.1. The Bertz CT molecular complexity index is 1020. The number of aryl methyl sites for hydroxylation is 2. The molecule has 6 heteroatoms. The van der Waals surface area contributed by atoms with Gasteiger partial charge in [-0.05, 0) is 67.4 Å². The maximum atomic E-state index is 12.8. The van der Waals surface area contributed by atoms with Gasteiger partial charge in [0.05, 0.1) is 0 Å². The van der Waals surface area contributed by atoms with Gasteiger partial charge in [-0.1, -0.05) is 23.7 Å². The monoisotopic (exact) mass is 424 g/mol. The fourth-order valence-electron chi connectivity index (χ4n) is 3.56. The van der Waals surface area contributed by atoms with Gasteiger partial charge in [-0.2, -0.15) is 0 Å². The second-order valence-electron chi connectivity index (χ2n) is 7.58. The summed E-state index contributed by atoms with van der Waals surface area (Å²) in [6.07, 6.45) is 0. The molecule has 0 atom stereocenters. The number of anilines is 1. The largest absolute Gasteiger partial charge is 0.485 e. The summed E-state index contributed by atoms with van der Waals surface area (Å²) < 4.78 is 11.6. The van der Waals surface area contributed by atoms with Gasteiger partial charge in [0.15, 0.2) is 5.76 Å². The second kappa shape index (κ2) is 8.84. The predicted molar refractivity (Wildman–Crippen MR) is 119 cm³/mol. The molecule has 30 heavy (non-hydrogen) atoms. The molecule has 0 spiro atoms. The van der Waals surface area contributed by atoms with Crippen LogP contribution in [0, 0.1) is 13.8 Å². The molecule has 2 heterocycles. The average Bonchev–Trinajstić information content (AvgIpc) is 3.24. The van der Waals surface area contributed by atoms with E-state index in [-0.39, 0.29) is 5.91 Å². The van der Waals surface area contributed by atoms with Crippen LogP contribution in [0.2, 0.25) is 5.02 Å². The van der Waals surface area contributed by atoms with Crippen LogP contribution in [0.15, 0.2) is 59.0 Å². The van der Waals surface area contributed by atoms with Crippen molar-refractivity contribution in [3.63, 3.8) is 0 Å². The van der Waals surface area contributed by atoms with Crippen LogP contribution in [-0.2, 0) is 6.61 Å². The molecule has 1 amide bonds. The van der Waals surface area contributed by atoms with E-state index in [0.29, 0.717) is 31.2 Å². The van der Waals surface area contributed by atoms with Crippen LogP contribution >= 0.6 is 11.6 Å². The van der Waals surface area contributed by atoms with E-state index in [1.807, 2.05) is 61.2 Å². The first-order chi connectivity index (χ1) is 14.5. The molecule has 5 nitrogen and oxygen atoms in total. The van der Waals surface area contributed by atoms with Crippen molar-refractivity contribution >= 4 is 23.2 Å². The van der Waals surface area contributed by atoms with E-state index >= 15 is 0 Å². The van der Waals surface area contributed by atoms with Gasteiger partial charge in [-0.25, -0.2) is 0 Å². The Morgan fingerprint density at radius 3 is 2.47 bits per heavy atom. The highest BCUT2D eigenvalue weighted by Gasteiger charge is 2.24. The molecule has 1 aromatic heterocycles. The minimum atomic E-state index is -0.0799. The summed E-state index contributed by atoms with van der Waals surface area (Å²) in [6, 6.07) is 17.4. The Labute approximate surface area is 181 Å². The molecule has 1 aliphatic heterocycles. The Morgan fingerprint density at radius 2 is 1.73 bits per heavy atom. The van der Waals surface area contributed by atoms with Crippen LogP contribution in [0.4, 0.5) is 5.69 Å². The standard InChI is InChI=1S/C24H25ClN2O3/c1-17-3-4-18(2)23(15-17)29-16-21-9-10-22(30-21)24(28)27-13-11-26(12-14-27)20-7-5-19(25)6-8-20/h3-10,15H,11-14,16H2,1-2H3. The third kappa shape index (κ3) is 4.62. The van der Waals surface area contributed by atoms with Gasteiger partial charge < -0.3 is 19.0 Å². The topological polar surface area (TPSA) is 45.9 Å². The molecule has 0 unspecified atom stereocenters. The number of benzene rings is 2. The van der Waals surface area contributed by atoms with E-state index in [2.05, 4.69) is 11.0 Å².